The Morgan fingerprint density at radius 1 is 0.719 bits per heavy atom. The highest BCUT2D eigenvalue weighted by Crippen LogP contribution is 2.24. The smallest absolute Gasteiger partial charge is 0.115 e. The topological polar surface area (TPSA) is 57.2 Å². The van der Waals surface area contributed by atoms with Gasteiger partial charge >= 0.3 is 0 Å². The molecular weight excluding hydrogens is 404 g/mol. The maximum absolute atomic E-state index is 10.7. The van der Waals surface area contributed by atoms with E-state index in [0.29, 0.717) is 19.8 Å². The van der Waals surface area contributed by atoms with E-state index in [0.717, 1.165) is 16.7 Å². The molecule has 3 aromatic carbocycles. The minimum atomic E-state index is -1.15. The van der Waals surface area contributed by atoms with E-state index in [1.54, 1.807) is 0 Å². The Balaban J connectivity index is 1.46. The molecule has 4 rings (SSSR count). The zero-order chi connectivity index (χ0) is 22.9. The average molecular weight is 436 g/mol. The third-order valence-corrected chi connectivity index (χ3v) is 5.38. The molecule has 1 N–H and O–H groups in total. The summed E-state index contributed by atoms with van der Waals surface area (Å²) in [5, 5.41) is 10.7. The fourth-order valence-electron chi connectivity index (χ4n) is 3.67. The van der Waals surface area contributed by atoms with Crippen LogP contribution in [0.3, 0.4) is 0 Å². The predicted octanol–water partition coefficient (Wildman–Crippen LogP) is 4.13. The molecule has 5 atom stereocenters. The molecule has 1 fully saturated rings. The van der Waals surface area contributed by atoms with Crippen molar-refractivity contribution in [1.29, 1.82) is 0 Å². The summed E-state index contributed by atoms with van der Waals surface area (Å²) in [4.78, 5) is 0. The van der Waals surface area contributed by atoms with Gasteiger partial charge in [0.05, 0.1) is 34.4 Å². The molecule has 0 bridgehead atoms. The first-order valence-electron chi connectivity index (χ1n) is 11.5. The van der Waals surface area contributed by atoms with Crippen LogP contribution < -0.4 is 0 Å². The SMILES string of the molecule is [2H][C@H]1O[C@H](COCc2ccccc2)[C@@H](OCc2ccccc2)[C@@H](OCc2ccccc2)[C@@H]1O. The Hall–Kier alpha value is -2.54. The maximum atomic E-state index is 10.7. The molecular formula is C27H30O5. The Morgan fingerprint density at radius 2 is 1.19 bits per heavy atom. The van der Waals surface area contributed by atoms with Gasteiger partial charge in [-0.05, 0) is 16.7 Å². The molecule has 5 nitrogen and oxygen atoms in total. The van der Waals surface area contributed by atoms with Gasteiger partial charge in [0.25, 0.3) is 0 Å². The largest absolute Gasteiger partial charge is 0.388 e. The normalized spacial score (nSPS) is 25.9. The summed E-state index contributed by atoms with van der Waals surface area (Å²) >= 11 is 0. The third-order valence-electron chi connectivity index (χ3n) is 5.38. The Kier molecular flexibility index (Phi) is 7.93. The standard InChI is InChI=1S/C27H30O5/c28-24-19-30-25(20-29-16-21-10-4-1-5-11-21)27(32-18-23-14-8-3-9-15-23)26(24)31-17-22-12-6-2-7-13-22/h1-15,24-28H,16-20H2/t24-,25-,26+,27-/m1/s1/i19D/t19-,24-,25-,26+,27-. The summed E-state index contributed by atoms with van der Waals surface area (Å²) in [7, 11) is 0. The van der Waals surface area contributed by atoms with Crippen LogP contribution in [0.15, 0.2) is 91.0 Å². The van der Waals surface area contributed by atoms with Crippen LogP contribution in [-0.2, 0) is 38.8 Å². The fraction of sp³-hybridized carbons (Fsp3) is 0.333. The van der Waals surface area contributed by atoms with Crippen molar-refractivity contribution in [1.82, 2.24) is 0 Å². The van der Waals surface area contributed by atoms with Gasteiger partial charge in [0, 0.05) is 0 Å². The monoisotopic (exact) mass is 435 g/mol. The van der Waals surface area contributed by atoms with Gasteiger partial charge < -0.3 is 24.1 Å². The molecule has 0 aromatic heterocycles. The van der Waals surface area contributed by atoms with Gasteiger partial charge in [-0.2, -0.15) is 0 Å². The molecule has 1 aliphatic heterocycles. The van der Waals surface area contributed by atoms with E-state index in [1.807, 2.05) is 91.0 Å². The van der Waals surface area contributed by atoms with Gasteiger partial charge in [-0.3, -0.25) is 0 Å². The van der Waals surface area contributed by atoms with E-state index in [4.69, 9.17) is 20.3 Å². The van der Waals surface area contributed by atoms with Crippen molar-refractivity contribution >= 4 is 0 Å². The number of hydrogen-bond acceptors (Lipinski definition) is 5. The molecule has 0 amide bonds. The molecule has 3 aromatic rings. The van der Waals surface area contributed by atoms with E-state index >= 15 is 0 Å². The highest BCUT2D eigenvalue weighted by Gasteiger charge is 2.41. The van der Waals surface area contributed by atoms with Crippen LogP contribution in [0, 0.1) is 0 Å². The van der Waals surface area contributed by atoms with Gasteiger partial charge in [0.1, 0.15) is 24.4 Å². The summed E-state index contributed by atoms with van der Waals surface area (Å²) in [5.74, 6) is 0. The van der Waals surface area contributed by atoms with Gasteiger partial charge in [0.15, 0.2) is 0 Å². The van der Waals surface area contributed by atoms with Crippen LogP contribution in [-0.4, -0.2) is 42.7 Å². The second kappa shape index (κ2) is 11.9. The third kappa shape index (κ3) is 6.48. The Labute approximate surface area is 190 Å². The van der Waals surface area contributed by atoms with E-state index in [2.05, 4.69) is 0 Å². The highest BCUT2D eigenvalue weighted by molar-refractivity contribution is 5.15. The number of rotatable bonds is 10. The number of benzene rings is 3. The average Bonchev–Trinajstić information content (AvgIpc) is 2.86. The second-order valence-corrected chi connectivity index (χ2v) is 7.82. The fourth-order valence-corrected chi connectivity index (χ4v) is 3.67. The number of aliphatic hydroxyl groups is 1. The lowest BCUT2D eigenvalue weighted by Gasteiger charge is -2.40. The quantitative estimate of drug-likeness (QED) is 0.519. The van der Waals surface area contributed by atoms with E-state index in [9.17, 15) is 5.11 Å². The summed E-state index contributed by atoms with van der Waals surface area (Å²) < 4.78 is 32.3. The van der Waals surface area contributed by atoms with E-state index in [-0.39, 0.29) is 6.61 Å². The number of hydrogen-bond donors (Lipinski definition) is 1. The molecule has 5 heteroatoms. The minimum absolute atomic E-state index is 0.224. The van der Waals surface area contributed by atoms with Crippen LogP contribution in [0.1, 0.15) is 18.1 Å². The predicted molar refractivity (Wildman–Crippen MR) is 122 cm³/mol. The molecule has 1 heterocycles. The van der Waals surface area contributed by atoms with Crippen molar-refractivity contribution in [3.63, 3.8) is 0 Å². The second-order valence-electron chi connectivity index (χ2n) is 7.82. The molecule has 0 radical (unpaired) electrons. The zero-order valence-electron chi connectivity index (χ0n) is 19.0. The van der Waals surface area contributed by atoms with Gasteiger partial charge in [-0.1, -0.05) is 91.0 Å². The summed E-state index contributed by atoms with van der Waals surface area (Å²) in [6.07, 6.45) is -3.01. The molecule has 1 saturated heterocycles. The minimum Gasteiger partial charge on any atom is -0.388 e. The highest BCUT2D eigenvalue weighted by atomic mass is 16.6. The number of ether oxygens (including phenoxy) is 4. The maximum Gasteiger partial charge on any atom is 0.115 e. The Morgan fingerprint density at radius 3 is 1.72 bits per heavy atom. The molecule has 0 aliphatic carbocycles. The molecule has 32 heavy (non-hydrogen) atoms. The van der Waals surface area contributed by atoms with E-state index in [1.165, 1.54) is 0 Å². The van der Waals surface area contributed by atoms with Crippen molar-refractivity contribution < 1.29 is 25.4 Å². The van der Waals surface area contributed by atoms with Crippen molar-refractivity contribution in [3.05, 3.63) is 108 Å². The molecule has 0 saturated carbocycles. The van der Waals surface area contributed by atoms with Crippen LogP contribution in [0.4, 0.5) is 0 Å². The zero-order valence-corrected chi connectivity index (χ0v) is 18.0. The van der Waals surface area contributed by atoms with Crippen LogP contribution in [0.25, 0.3) is 0 Å². The summed E-state index contributed by atoms with van der Waals surface area (Å²) in [6.45, 7) is 0.143. The van der Waals surface area contributed by atoms with E-state index < -0.39 is 31.0 Å². The lowest BCUT2D eigenvalue weighted by molar-refractivity contribution is -0.234. The van der Waals surface area contributed by atoms with Crippen molar-refractivity contribution in [2.24, 2.45) is 0 Å². The first-order valence-corrected chi connectivity index (χ1v) is 10.9. The lowest BCUT2D eigenvalue weighted by atomic mass is 9.99. The first kappa shape index (κ1) is 21.3. The Bertz CT molecular complexity index is 941. The summed E-state index contributed by atoms with van der Waals surface area (Å²) in [6, 6.07) is 29.4. The lowest BCUT2D eigenvalue weighted by Crippen LogP contribution is -2.56. The number of aliphatic hydroxyl groups excluding tert-OH is 1. The van der Waals surface area contributed by atoms with Crippen molar-refractivity contribution in [2.75, 3.05) is 13.2 Å². The molecule has 0 spiro atoms. The van der Waals surface area contributed by atoms with Gasteiger partial charge in [0.2, 0.25) is 0 Å². The molecule has 1 aliphatic rings. The molecule has 168 valence electrons. The van der Waals surface area contributed by atoms with Crippen LogP contribution >= 0.6 is 0 Å². The van der Waals surface area contributed by atoms with Crippen molar-refractivity contribution in [3.8, 4) is 0 Å². The van der Waals surface area contributed by atoms with Crippen molar-refractivity contribution in [2.45, 2.75) is 44.2 Å². The van der Waals surface area contributed by atoms with Gasteiger partial charge in [-0.25, -0.2) is 0 Å². The molecule has 0 unspecified atom stereocenters. The first-order chi connectivity index (χ1) is 16.2. The summed E-state index contributed by atoms with van der Waals surface area (Å²) in [5.41, 5.74) is 3.04. The van der Waals surface area contributed by atoms with Crippen LogP contribution in [0.5, 0.6) is 0 Å². The van der Waals surface area contributed by atoms with Crippen LogP contribution in [0.2, 0.25) is 0 Å². The van der Waals surface area contributed by atoms with Gasteiger partial charge in [-0.15, -0.1) is 0 Å².